The van der Waals surface area contributed by atoms with E-state index in [1.807, 2.05) is 31.2 Å². The number of aldehydes is 1. The van der Waals surface area contributed by atoms with Crippen LogP contribution in [0.4, 0.5) is 0 Å². The molecule has 0 saturated carbocycles. The molecule has 0 aromatic heterocycles. The Bertz CT molecular complexity index is 257. The maximum Gasteiger partial charge on any atom is 0.127 e. The fourth-order valence-electron chi connectivity index (χ4n) is 0.918. The van der Waals surface area contributed by atoms with E-state index >= 15 is 0 Å². The highest BCUT2D eigenvalue weighted by molar-refractivity contribution is 14.1. The minimum Gasteiger partial charge on any atom is -0.303 e. The van der Waals surface area contributed by atoms with E-state index in [4.69, 9.17) is 0 Å². The Labute approximate surface area is 79.9 Å². The monoisotopic (exact) mass is 260 g/mol. The van der Waals surface area contributed by atoms with Crippen LogP contribution in [-0.2, 0) is 4.79 Å². The summed E-state index contributed by atoms with van der Waals surface area (Å²) in [6.45, 7) is 1.91. The molecule has 0 heterocycles. The van der Waals surface area contributed by atoms with Crippen LogP contribution in [0, 0.1) is 3.57 Å². The molecular formula is C9H9IO. The highest BCUT2D eigenvalue weighted by Gasteiger charge is 2.05. The van der Waals surface area contributed by atoms with Crippen LogP contribution in [0.3, 0.4) is 0 Å². The quantitative estimate of drug-likeness (QED) is 0.590. The van der Waals surface area contributed by atoms with Crippen molar-refractivity contribution < 1.29 is 4.79 Å². The highest BCUT2D eigenvalue weighted by atomic mass is 127. The van der Waals surface area contributed by atoms with Crippen LogP contribution in [0.15, 0.2) is 24.3 Å². The van der Waals surface area contributed by atoms with Gasteiger partial charge in [-0.15, -0.1) is 0 Å². The fraction of sp³-hybridized carbons (Fsp3) is 0.222. The van der Waals surface area contributed by atoms with Crippen LogP contribution >= 0.6 is 22.6 Å². The number of benzene rings is 1. The highest BCUT2D eigenvalue weighted by Crippen LogP contribution is 2.19. The Morgan fingerprint density at radius 3 is 2.64 bits per heavy atom. The van der Waals surface area contributed by atoms with Crippen molar-refractivity contribution in [2.45, 2.75) is 12.8 Å². The third-order valence-electron chi connectivity index (χ3n) is 1.60. The van der Waals surface area contributed by atoms with Gasteiger partial charge >= 0.3 is 0 Å². The molecule has 0 radical (unpaired) electrons. The summed E-state index contributed by atoms with van der Waals surface area (Å²) in [7, 11) is 0. The first kappa shape index (κ1) is 8.71. The lowest BCUT2D eigenvalue weighted by molar-refractivity contribution is -0.108. The maximum absolute atomic E-state index is 10.5. The first-order valence-electron chi connectivity index (χ1n) is 3.45. The Kier molecular flexibility index (Phi) is 3.05. The molecule has 11 heavy (non-hydrogen) atoms. The average molecular weight is 260 g/mol. The van der Waals surface area contributed by atoms with E-state index < -0.39 is 0 Å². The molecule has 0 aliphatic rings. The van der Waals surface area contributed by atoms with Crippen LogP contribution in [-0.4, -0.2) is 6.29 Å². The maximum atomic E-state index is 10.5. The summed E-state index contributed by atoms with van der Waals surface area (Å²) in [6.07, 6.45) is 0.970. The molecule has 0 bridgehead atoms. The molecule has 58 valence electrons. The first-order chi connectivity index (χ1) is 5.25. The SMILES string of the molecule is CC(C=O)c1ccccc1I. The normalized spacial score (nSPS) is 12.5. The summed E-state index contributed by atoms with van der Waals surface area (Å²) < 4.78 is 1.16. The van der Waals surface area contributed by atoms with Gasteiger partial charge in [0, 0.05) is 9.49 Å². The zero-order valence-corrected chi connectivity index (χ0v) is 8.41. The predicted octanol–water partition coefficient (Wildman–Crippen LogP) is 2.59. The van der Waals surface area contributed by atoms with Crippen LogP contribution in [0.5, 0.6) is 0 Å². The molecule has 1 aromatic carbocycles. The largest absolute Gasteiger partial charge is 0.303 e. The molecule has 0 N–H and O–H groups in total. The lowest BCUT2D eigenvalue weighted by Gasteiger charge is -2.05. The Morgan fingerprint density at radius 1 is 1.45 bits per heavy atom. The second-order valence-electron chi connectivity index (χ2n) is 2.45. The predicted molar refractivity (Wildman–Crippen MR) is 53.6 cm³/mol. The van der Waals surface area contributed by atoms with E-state index in [1.165, 1.54) is 0 Å². The topological polar surface area (TPSA) is 17.1 Å². The molecule has 0 fully saturated rings. The minimum absolute atomic E-state index is 0.0168. The molecule has 1 rings (SSSR count). The van der Waals surface area contributed by atoms with Crippen molar-refractivity contribution in [3.8, 4) is 0 Å². The van der Waals surface area contributed by atoms with Crippen molar-refractivity contribution in [2.75, 3.05) is 0 Å². The van der Waals surface area contributed by atoms with Crippen LogP contribution in [0.25, 0.3) is 0 Å². The third kappa shape index (κ3) is 2.02. The molecule has 1 nitrogen and oxygen atoms in total. The second kappa shape index (κ2) is 3.85. The smallest absolute Gasteiger partial charge is 0.127 e. The lowest BCUT2D eigenvalue weighted by Crippen LogP contribution is -1.96. The number of halogens is 1. The van der Waals surface area contributed by atoms with E-state index in [9.17, 15) is 4.79 Å². The van der Waals surface area contributed by atoms with Crippen molar-refractivity contribution in [1.82, 2.24) is 0 Å². The molecule has 1 aromatic rings. The van der Waals surface area contributed by atoms with E-state index in [2.05, 4.69) is 22.6 Å². The fourth-order valence-corrected chi connectivity index (χ4v) is 1.80. The number of rotatable bonds is 2. The zero-order chi connectivity index (χ0) is 8.27. The molecule has 0 amide bonds. The van der Waals surface area contributed by atoms with Gasteiger partial charge in [-0.25, -0.2) is 0 Å². The summed E-state index contributed by atoms with van der Waals surface area (Å²) in [5.74, 6) is 0.0168. The van der Waals surface area contributed by atoms with E-state index in [-0.39, 0.29) is 5.92 Å². The molecule has 0 spiro atoms. The van der Waals surface area contributed by atoms with Gasteiger partial charge in [0.1, 0.15) is 6.29 Å². The third-order valence-corrected chi connectivity index (χ3v) is 2.58. The summed E-state index contributed by atoms with van der Waals surface area (Å²) >= 11 is 2.24. The van der Waals surface area contributed by atoms with Crippen molar-refractivity contribution in [3.05, 3.63) is 33.4 Å². The minimum atomic E-state index is 0.0168. The summed E-state index contributed by atoms with van der Waals surface area (Å²) in [6, 6.07) is 7.93. The number of carbonyl (C=O) groups is 1. The van der Waals surface area contributed by atoms with Gasteiger partial charge < -0.3 is 4.79 Å². The van der Waals surface area contributed by atoms with Gasteiger partial charge in [0.2, 0.25) is 0 Å². The summed E-state index contributed by atoms with van der Waals surface area (Å²) in [5, 5.41) is 0. The van der Waals surface area contributed by atoms with E-state index in [1.54, 1.807) is 0 Å². The zero-order valence-electron chi connectivity index (χ0n) is 6.25. The van der Waals surface area contributed by atoms with Crippen molar-refractivity contribution in [3.63, 3.8) is 0 Å². The van der Waals surface area contributed by atoms with E-state index in [0.29, 0.717) is 0 Å². The van der Waals surface area contributed by atoms with Crippen molar-refractivity contribution in [2.24, 2.45) is 0 Å². The molecule has 1 atom stereocenters. The van der Waals surface area contributed by atoms with Gasteiger partial charge in [-0.1, -0.05) is 25.1 Å². The van der Waals surface area contributed by atoms with Crippen molar-refractivity contribution >= 4 is 28.9 Å². The first-order valence-corrected chi connectivity index (χ1v) is 4.53. The Hall–Kier alpha value is -0.380. The van der Waals surface area contributed by atoms with Gasteiger partial charge in [-0.2, -0.15) is 0 Å². The number of hydrogen-bond acceptors (Lipinski definition) is 1. The van der Waals surface area contributed by atoms with E-state index in [0.717, 1.165) is 15.4 Å². The average Bonchev–Trinajstić information content (AvgIpc) is 2.04. The molecule has 2 heteroatoms. The Morgan fingerprint density at radius 2 is 2.09 bits per heavy atom. The standard InChI is InChI=1S/C9H9IO/c1-7(6-11)8-4-2-3-5-9(8)10/h2-7H,1H3. The van der Waals surface area contributed by atoms with Gasteiger partial charge in [0.05, 0.1) is 0 Å². The molecular weight excluding hydrogens is 251 g/mol. The Balaban J connectivity index is 3.02. The number of carbonyl (C=O) groups excluding carboxylic acids is 1. The summed E-state index contributed by atoms with van der Waals surface area (Å²) in [4.78, 5) is 10.5. The molecule has 0 aliphatic heterocycles. The molecule has 0 saturated heterocycles. The van der Waals surface area contributed by atoms with Gasteiger partial charge in [0.25, 0.3) is 0 Å². The van der Waals surface area contributed by atoms with Gasteiger partial charge in [-0.3, -0.25) is 0 Å². The second-order valence-corrected chi connectivity index (χ2v) is 3.61. The molecule has 0 aliphatic carbocycles. The van der Waals surface area contributed by atoms with Gasteiger partial charge in [0.15, 0.2) is 0 Å². The van der Waals surface area contributed by atoms with Gasteiger partial charge in [-0.05, 0) is 34.2 Å². The van der Waals surface area contributed by atoms with Crippen LogP contribution < -0.4 is 0 Å². The van der Waals surface area contributed by atoms with Crippen molar-refractivity contribution in [1.29, 1.82) is 0 Å². The van der Waals surface area contributed by atoms with Crippen LogP contribution in [0.2, 0.25) is 0 Å². The van der Waals surface area contributed by atoms with Crippen LogP contribution in [0.1, 0.15) is 18.4 Å². The lowest BCUT2D eigenvalue weighted by atomic mass is 10.0. The molecule has 1 unspecified atom stereocenters. The summed E-state index contributed by atoms with van der Waals surface area (Å²) in [5.41, 5.74) is 1.11. The number of hydrogen-bond donors (Lipinski definition) is 0.